The van der Waals surface area contributed by atoms with Crippen LogP contribution in [0.4, 0.5) is 0 Å². The second-order valence-corrected chi connectivity index (χ2v) is 3.61. The Labute approximate surface area is 98.6 Å². The summed E-state index contributed by atoms with van der Waals surface area (Å²) in [5, 5.41) is 25.5. The van der Waals surface area contributed by atoms with Crippen molar-refractivity contribution in [3.05, 3.63) is 36.2 Å². The standard InChI is InChI=1S/C10H12BN3O3/c1-14-6-9(12-13-14)7-17-10-4-2-8(3-5-10)11(15)16/h2-6,15-16H,7H2,1H3. The van der Waals surface area contributed by atoms with Crippen molar-refractivity contribution in [3.8, 4) is 5.75 Å². The van der Waals surface area contributed by atoms with Crippen LogP contribution in [0.5, 0.6) is 5.75 Å². The lowest BCUT2D eigenvalue weighted by Crippen LogP contribution is -2.29. The summed E-state index contributed by atoms with van der Waals surface area (Å²) < 4.78 is 7.06. The Hall–Kier alpha value is -1.86. The van der Waals surface area contributed by atoms with E-state index in [-0.39, 0.29) is 0 Å². The van der Waals surface area contributed by atoms with Gasteiger partial charge in [-0.3, -0.25) is 4.68 Å². The Bertz CT molecular complexity index is 484. The van der Waals surface area contributed by atoms with Crippen molar-refractivity contribution in [3.63, 3.8) is 0 Å². The zero-order valence-corrected chi connectivity index (χ0v) is 9.32. The van der Waals surface area contributed by atoms with Crippen LogP contribution < -0.4 is 10.2 Å². The molecule has 0 aliphatic rings. The minimum atomic E-state index is -1.45. The number of hydrogen-bond donors (Lipinski definition) is 2. The zero-order valence-electron chi connectivity index (χ0n) is 9.32. The molecule has 1 aromatic heterocycles. The summed E-state index contributed by atoms with van der Waals surface area (Å²) in [7, 11) is 0.331. The van der Waals surface area contributed by atoms with Crippen LogP contribution in [0, 0.1) is 0 Å². The second kappa shape index (κ2) is 4.98. The van der Waals surface area contributed by atoms with Gasteiger partial charge < -0.3 is 14.8 Å². The Morgan fingerprint density at radius 2 is 2.00 bits per heavy atom. The summed E-state index contributed by atoms with van der Waals surface area (Å²) in [6, 6.07) is 6.53. The lowest BCUT2D eigenvalue weighted by molar-refractivity contribution is 0.301. The molecule has 2 rings (SSSR count). The van der Waals surface area contributed by atoms with Crippen LogP contribution in [0.1, 0.15) is 5.69 Å². The van der Waals surface area contributed by atoms with Crippen LogP contribution in [0.3, 0.4) is 0 Å². The van der Waals surface area contributed by atoms with Crippen LogP contribution in [-0.2, 0) is 13.7 Å². The maximum atomic E-state index is 8.92. The Balaban J connectivity index is 1.95. The first-order valence-electron chi connectivity index (χ1n) is 5.09. The summed E-state index contributed by atoms with van der Waals surface area (Å²) in [5.41, 5.74) is 1.16. The highest BCUT2D eigenvalue weighted by atomic mass is 16.5. The van der Waals surface area contributed by atoms with Crippen molar-refractivity contribution >= 4 is 12.6 Å². The third-order valence-corrected chi connectivity index (χ3v) is 2.22. The smallest absolute Gasteiger partial charge is 0.487 e. The van der Waals surface area contributed by atoms with Gasteiger partial charge in [-0.05, 0) is 17.6 Å². The van der Waals surface area contributed by atoms with Gasteiger partial charge in [0.05, 0.1) is 6.20 Å². The van der Waals surface area contributed by atoms with E-state index in [4.69, 9.17) is 14.8 Å². The molecular formula is C10H12BN3O3. The van der Waals surface area contributed by atoms with Gasteiger partial charge in [0.25, 0.3) is 0 Å². The van der Waals surface area contributed by atoms with Gasteiger partial charge in [0.1, 0.15) is 18.1 Å². The van der Waals surface area contributed by atoms with Crippen LogP contribution in [-0.4, -0.2) is 32.2 Å². The molecular weight excluding hydrogens is 221 g/mol. The van der Waals surface area contributed by atoms with Crippen molar-refractivity contribution in [1.29, 1.82) is 0 Å². The monoisotopic (exact) mass is 233 g/mol. The molecule has 0 fully saturated rings. The van der Waals surface area contributed by atoms with Gasteiger partial charge in [-0.2, -0.15) is 0 Å². The van der Waals surface area contributed by atoms with Gasteiger partial charge in [-0.15, -0.1) is 5.10 Å². The Morgan fingerprint density at radius 3 is 2.53 bits per heavy atom. The Morgan fingerprint density at radius 1 is 1.29 bits per heavy atom. The molecule has 0 saturated carbocycles. The van der Waals surface area contributed by atoms with E-state index in [0.717, 1.165) is 5.69 Å². The lowest BCUT2D eigenvalue weighted by atomic mass is 9.80. The molecule has 0 amide bonds. The molecule has 0 spiro atoms. The third-order valence-electron chi connectivity index (χ3n) is 2.22. The van der Waals surface area contributed by atoms with Crippen molar-refractivity contribution in [2.24, 2.45) is 7.05 Å². The molecule has 0 unspecified atom stereocenters. The summed E-state index contributed by atoms with van der Waals surface area (Å²) in [5.74, 6) is 0.639. The van der Waals surface area contributed by atoms with E-state index in [0.29, 0.717) is 17.8 Å². The molecule has 1 heterocycles. The zero-order chi connectivity index (χ0) is 12.3. The number of nitrogens with zero attached hydrogens (tertiary/aromatic N) is 3. The SMILES string of the molecule is Cn1cc(COc2ccc(B(O)O)cc2)nn1. The highest BCUT2D eigenvalue weighted by Gasteiger charge is 2.10. The first kappa shape index (κ1) is 11.6. The van der Waals surface area contributed by atoms with E-state index < -0.39 is 7.12 Å². The second-order valence-electron chi connectivity index (χ2n) is 3.61. The van der Waals surface area contributed by atoms with Crippen molar-refractivity contribution in [1.82, 2.24) is 15.0 Å². The summed E-state index contributed by atoms with van der Waals surface area (Å²) in [4.78, 5) is 0. The molecule has 0 aliphatic carbocycles. The first-order chi connectivity index (χ1) is 8.15. The molecule has 2 aromatic rings. The molecule has 7 heteroatoms. The van der Waals surface area contributed by atoms with Gasteiger partial charge >= 0.3 is 7.12 Å². The minimum absolute atomic E-state index is 0.328. The average molecular weight is 233 g/mol. The van der Waals surface area contributed by atoms with Crippen molar-refractivity contribution in [2.75, 3.05) is 0 Å². The van der Waals surface area contributed by atoms with Crippen LogP contribution >= 0.6 is 0 Å². The maximum absolute atomic E-state index is 8.92. The van der Waals surface area contributed by atoms with Gasteiger partial charge in [-0.1, -0.05) is 17.3 Å². The average Bonchev–Trinajstić information content (AvgIpc) is 2.73. The lowest BCUT2D eigenvalue weighted by Gasteiger charge is -2.04. The fraction of sp³-hybridized carbons (Fsp3) is 0.200. The highest BCUT2D eigenvalue weighted by molar-refractivity contribution is 6.58. The van der Waals surface area contributed by atoms with Gasteiger partial charge in [0.2, 0.25) is 0 Å². The minimum Gasteiger partial charge on any atom is -0.487 e. The number of aromatic nitrogens is 3. The van der Waals surface area contributed by atoms with Crippen LogP contribution in [0.15, 0.2) is 30.5 Å². The van der Waals surface area contributed by atoms with E-state index in [1.807, 2.05) is 0 Å². The predicted molar refractivity (Wildman–Crippen MR) is 61.6 cm³/mol. The molecule has 17 heavy (non-hydrogen) atoms. The number of aryl methyl sites for hydroxylation is 1. The van der Waals surface area contributed by atoms with Crippen molar-refractivity contribution < 1.29 is 14.8 Å². The predicted octanol–water partition coefficient (Wildman–Crippen LogP) is -0.926. The topological polar surface area (TPSA) is 80.4 Å². The maximum Gasteiger partial charge on any atom is 0.488 e. The van der Waals surface area contributed by atoms with E-state index in [1.165, 1.54) is 0 Å². The van der Waals surface area contributed by atoms with E-state index in [1.54, 1.807) is 42.2 Å². The molecule has 6 nitrogen and oxygen atoms in total. The van der Waals surface area contributed by atoms with Gasteiger partial charge in [0, 0.05) is 7.05 Å². The number of benzene rings is 1. The molecule has 88 valence electrons. The molecule has 0 radical (unpaired) electrons. The molecule has 1 aromatic carbocycles. The molecule has 0 bridgehead atoms. The molecule has 0 atom stereocenters. The largest absolute Gasteiger partial charge is 0.488 e. The number of rotatable bonds is 4. The van der Waals surface area contributed by atoms with E-state index >= 15 is 0 Å². The number of ether oxygens (including phenoxy) is 1. The van der Waals surface area contributed by atoms with E-state index in [2.05, 4.69) is 10.3 Å². The fourth-order valence-corrected chi connectivity index (χ4v) is 1.35. The third kappa shape index (κ3) is 3.05. The summed E-state index contributed by atoms with van der Waals surface area (Å²) >= 11 is 0. The van der Waals surface area contributed by atoms with Gasteiger partial charge in [-0.25, -0.2) is 0 Å². The van der Waals surface area contributed by atoms with E-state index in [9.17, 15) is 0 Å². The molecule has 0 saturated heterocycles. The van der Waals surface area contributed by atoms with Crippen LogP contribution in [0.2, 0.25) is 0 Å². The molecule has 2 N–H and O–H groups in total. The van der Waals surface area contributed by atoms with Gasteiger partial charge in [0.15, 0.2) is 0 Å². The first-order valence-corrected chi connectivity index (χ1v) is 5.09. The Kier molecular flexibility index (Phi) is 3.41. The van der Waals surface area contributed by atoms with Crippen molar-refractivity contribution in [2.45, 2.75) is 6.61 Å². The number of hydrogen-bond acceptors (Lipinski definition) is 5. The summed E-state index contributed by atoms with van der Waals surface area (Å²) in [6.45, 7) is 0.328. The normalized spacial score (nSPS) is 10.3. The van der Waals surface area contributed by atoms with Crippen LogP contribution in [0.25, 0.3) is 0 Å². The summed E-state index contributed by atoms with van der Waals surface area (Å²) in [6.07, 6.45) is 1.77. The quantitative estimate of drug-likeness (QED) is 0.667. The highest BCUT2D eigenvalue weighted by Crippen LogP contribution is 2.09. The fourth-order valence-electron chi connectivity index (χ4n) is 1.35. The molecule has 0 aliphatic heterocycles.